The quantitative estimate of drug-likeness (QED) is 0.0404. The molecule has 0 spiro atoms. The van der Waals surface area contributed by atoms with E-state index in [1.807, 2.05) is 6.07 Å². The maximum absolute atomic E-state index is 14.0. The van der Waals surface area contributed by atoms with Crippen LogP contribution in [0.5, 0.6) is 5.75 Å². The van der Waals surface area contributed by atoms with Crippen LogP contribution >= 0.6 is 0 Å². The number of ether oxygens (including phenoxy) is 1. The molecule has 286 valence electrons. The van der Waals surface area contributed by atoms with Gasteiger partial charge in [-0.15, -0.1) is 0 Å². The van der Waals surface area contributed by atoms with Gasteiger partial charge in [0.2, 0.25) is 29.5 Å². The number of amides is 5. The number of aryl methyl sites for hydroxylation is 2. The highest BCUT2D eigenvalue weighted by atomic mass is 16.5. The number of nitrogens with one attached hydrogen (secondary N) is 6. The smallest absolute Gasteiger partial charge is 0.243 e. The third-order valence-electron chi connectivity index (χ3n) is 8.42. The molecular formula is C36H55N9O7. The Morgan fingerprint density at radius 1 is 0.788 bits per heavy atom. The molecule has 52 heavy (non-hydrogen) atoms. The molecule has 2 rings (SSSR count). The van der Waals surface area contributed by atoms with Crippen LogP contribution in [0.15, 0.2) is 42.5 Å². The van der Waals surface area contributed by atoms with Gasteiger partial charge in [-0.2, -0.15) is 0 Å². The molecule has 4 atom stereocenters. The van der Waals surface area contributed by atoms with Crippen molar-refractivity contribution < 1.29 is 33.8 Å². The molecule has 0 heterocycles. The van der Waals surface area contributed by atoms with Gasteiger partial charge in [0, 0.05) is 39.5 Å². The third kappa shape index (κ3) is 15.8. The number of nitrogens with two attached hydrogens (primary N) is 3. The molecule has 5 amide bonds. The molecule has 0 aliphatic carbocycles. The molecule has 0 saturated carbocycles. The van der Waals surface area contributed by atoms with Crippen LogP contribution in [0.4, 0.5) is 0 Å². The average Bonchev–Trinajstić information content (AvgIpc) is 3.09. The molecule has 0 bridgehead atoms. The highest BCUT2D eigenvalue weighted by Crippen LogP contribution is 2.22. The van der Waals surface area contributed by atoms with Gasteiger partial charge in [0.15, 0.2) is 5.96 Å². The van der Waals surface area contributed by atoms with E-state index >= 15 is 0 Å². The summed E-state index contributed by atoms with van der Waals surface area (Å²) in [5.41, 5.74) is 20.0. The lowest BCUT2D eigenvalue weighted by Crippen LogP contribution is -2.58. The van der Waals surface area contributed by atoms with E-state index in [4.69, 9.17) is 27.3 Å². The maximum Gasteiger partial charge on any atom is 0.243 e. The van der Waals surface area contributed by atoms with Gasteiger partial charge in [0.25, 0.3) is 0 Å². The molecule has 0 saturated heterocycles. The standard InChI is InChI=1S/C36H55N9O7/c1-22-18-25(46)19-23(2)26(22)21-30(45-33(49)27(37)12-9-16-42-36(39)40)35(51)43-28(13-7-8-15-41-31(47)14-17-52-3)34(50)44-29(32(38)48)20-24-10-5-4-6-11-24/h4-6,10-11,18-19,27-30,46H,7-9,12-17,20-21,37H2,1-3H3,(H2,38,48)(H,41,47)(H,43,51)(H,44,50)(H,45,49)(H4,39,40,42)/t27-,28+,29+,30+/m1/s1. The normalized spacial score (nSPS) is 13.2. The van der Waals surface area contributed by atoms with Crippen molar-refractivity contribution in [1.29, 1.82) is 5.41 Å². The molecule has 0 aliphatic heterocycles. The van der Waals surface area contributed by atoms with Crippen LogP contribution in [0.3, 0.4) is 0 Å². The van der Waals surface area contributed by atoms with Crippen LogP contribution in [-0.2, 0) is 41.6 Å². The Bertz CT molecular complexity index is 1480. The number of hydrogen-bond donors (Lipinski definition) is 10. The third-order valence-corrected chi connectivity index (χ3v) is 8.42. The van der Waals surface area contributed by atoms with Crippen LogP contribution in [-0.4, -0.2) is 91.6 Å². The second kappa shape index (κ2) is 22.6. The fourth-order valence-corrected chi connectivity index (χ4v) is 5.53. The lowest BCUT2D eigenvalue weighted by atomic mass is 9.95. The number of phenols is 1. The zero-order valence-electron chi connectivity index (χ0n) is 30.3. The minimum atomic E-state index is -1.18. The zero-order valence-corrected chi connectivity index (χ0v) is 30.3. The molecule has 16 heteroatoms. The Morgan fingerprint density at radius 2 is 1.38 bits per heavy atom. The first kappa shape index (κ1) is 42.9. The molecule has 0 radical (unpaired) electrons. The highest BCUT2D eigenvalue weighted by molar-refractivity contribution is 5.94. The number of rotatable bonds is 23. The Morgan fingerprint density at radius 3 is 2.00 bits per heavy atom. The maximum atomic E-state index is 14.0. The van der Waals surface area contributed by atoms with Gasteiger partial charge in [0.1, 0.15) is 23.9 Å². The summed E-state index contributed by atoms with van der Waals surface area (Å²) >= 11 is 0. The number of hydrogen-bond acceptors (Lipinski definition) is 9. The van der Waals surface area contributed by atoms with Gasteiger partial charge in [-0.1, -0.05) is 30.3 Å². The van der Waals surface area contributed by atoms with E-state index in [0.717, 1.165) is 5.56 Å². The summed E-state index contributed by atoms with van der Waals surface area (Å²) in [5, 5.41) is 31.0. The first-order valence-electron chi connectivity index (χ1n) is 17.3. The molecular weight excluding hydrogens is 670 g/mol. The molecule has 13 N–H and O–H groups in total. The van der Waals surface area contributed by atoms with Crippen molar-refractivity contribution in [3.8, 4) is 5.75 Å². The first-order chi connectivity index (χ1) is 24.7. The van der Waals surface area contributed by atoms with E-state index < -0.39 is 47.8 Å². The summed E-state index contributed by atoms with van der Waals surface area (Å²) in [6.45, 7) is 4.49. The average molecular weight is 726 g/mol. The Labute approximate surface area is 304 Å². The van der Waals surface area contributed by atoms with Gasteiger partial charge in [0.05, 0.1) is 12.6 Å². The number of carbonyl (C=O) groups is 5. The number of phenolic OH excluding ortho intramolecular Hbond substituents is 1. The van der Waals surface area contributed by atoms with Crippen molar-refractivity contribution in [2.75, 3.05) is 26.8 Å². The van der Waals surface area contributed by atoms with Crippen LogP contribution < -0.4 is 43.8 Å². The predicted molar refractivity (Wildman–Crippen MR) is 197 cm³/mol. The van der Waals surface area contributed by atoms with Gasteiger partial charge < -0.3 is 53.6 Å². The fourth-order valence-electron chi connectivity index (χ4n) is 5.53. The topological polar surface area (TPSA) is 277 Å². The molecule has 2 aromatic carbocycles. The zero-order chi connectivity index (χ0) is 38.6. The number of aromatic hydroxyl groups is 1. The van der Waals surface area contributed by atoms with E-state index in [0.29, 0.717) is 49.0 Å². The van der Waals surface area contributed by atoms with Crippen molar-refractivity contribution in [2.24, 2.45) is 17.2 Å². The first-order valence-corrected chi connectivity index (χ1v) is 17.3. The molecule has 16 nitrogen and oxygen atoms in total. The summed E-state index contributed by atoms with van der Waals surface area (Å²) in [7, 11) is 1.50. The lowest BCUT2D eigenvalue weighted by Gasteiger charge is -2.26. The summed E-state index contributed by atoms with van der Waals surface area (Å²) in [5.74, 6) is -3.00. The second-order valence-corrected chi connectivity index (χ2v) is 12.7. The Hall–Kier alpha value is -5.22. The summed E-state index contributed by atoms with van der Waals surface area (Å²) in [6.07, 6.45) is 2.07. The van der Waals surface area contributed by atoms with E-state index in [-0.39, 0.29) is 56.3 Å². The van der Waals surface area contributed by atoms with Crippen LogP contribution in [0.25, 0.3) is 0 Å². The van der Waals surface area contributed by atoms with E-state index in [9.17, 15) is 29.1 Å². The van der Waals surface area contributed by atoms with Crippen LogP contribution in [0.1, 0.15) is 60.8 Å². The molecule has 2 aromatic rings. The molecule has 0 fully saturated rings. The Balaban J connectivity index is 2.30. The number of benzene rings is 2. The van der Waals surface area contributed by atoms with E-state index in [1.54, 1.807) is 50.2 Å². The van der Waals surface area contributed by atoms with Gasteiger partial charge >= 0.3 is 0 Å². The summed E-state index contributed by atoms with van der Waals surface area (Å²) in [6, 6.07) is 7.75. The number of primary amides is 1. The van der Waals surface area contributed by atoms with Crippen molar-refractivity contribution >= 4 is 35.5 Å². The monoisotopic (exact) mass is 725 g/mol. The SMILES string of the molecule is COCCC(=O)NCCCC[C@H](NC(=O)[C@H](Cc1c(C)cc(O)cc1C)NC(=O)[C@H](N)CCCNC(=N)N)C(=O)N[C@@H](Cc1ccccc1)C(N)=O. The largest absolute Gasteiger partial charge is 0.508 e. The Kier molecular flexibility index (Phi) is 18.6. The van der Waals surface area contributed by atoms with Crippen molar-refractivity contribution in [2.45, 2.75) is 89.4 Å². The van der Waals surface area contributed by atoms with Gasteiger partial charge in [-0.3, -0.25) is 29.4 Å². The van der Waals surface area contributed by atoms with Gasteiger partial charge in [-0.05, 0) is 80.3 Å². The van der Waals surface area contributed by atoms with Crippen molar-refractivity contribution in [1.82, 2.24) is 26.6 Å². The summed E-state index contributed by atoms with van der Waals surface area (Å²) in [4.78, 5) is 65.4. The number of unbranched alkanes of at least 4 members (excludes halogenated alkanes) is 1. The van der Waals surface area contributed by atoms with Crippen molar-refractivity contribution in [3.05, 3.63) is 64.7 Å². The van der Waals surface area contributed by atoms with Crippen LogP contribution in [0, 0.1) is 19.3 Å². The minimum absolute atomic E-state index is 0.0217. The highest BCUT2D eigenvalue weighted by Gasteiger charge is 2.31. The number of guanidine groups is 1. The molecule has 0 aromatic heterocycles. The fraction of sp³-hybridized carbons (Fsp3) is 0.500. The second-order valence-electron chi connectivity index (χ2n) is 12.7. The van der Waals surface area contributed by atoms with E-state index in [1.165, 1.54) is 7.11 Å². The number of methoxy groups -OCH3 is 1. The minimum Gasteiger partial charge on any atom is -0.508 e. The van der Waals surface area contributed by atoms with Crippen LogP contribution in [0.2, 0.25) is 0 Å². The van der Waals surface area contributed by atoms with Gasteiger partial charge in [-0.25, -0.2) is 0 Å². The van der Waals surface area contributed by atoms with Crippen molar-refractivity contribution in [3.63, 3.8) is 0 Å². The molecule has 0 aliphatic rings. The molecule has 0 unspecified atom stereocenters. The number of carbonyl (C=O) groups excluding carboxylic acids is 5. The lowest BCUT2D eigenvalue weighted by molar-refractivity contribution is -0.133. The summed E-state index contributed by atoms with van der Waals surface area (Å²) < 4.78 is 4.93. The van der Waals surface area contributed by atoms with E-state index in [2.05, 4.69) is 26.6 Å². The predicted octanol–water partition coefficient (Wildman–Crippen LogP) is -0.352.